The largest absolute Gasteiger partial charge is 0.300 e. The van der Waals surface area contributed by atoms with Crippen molar-refractivity contribution in [1.29, 1.82) is 0 Å². The Morgan fingerprint density at radius 1 is 1.45 bits per heavy atom. The lowest BCUT2D eigenvalue weighted by Crippen LogP contribution is -1.84. The van der Waals surface area contributed by atoms with Crippen LogP contribution in [0.5, 0.6) is 0 Å². The lowest BCUT2D eigenvalue weighted by Gasteiger charge is -1.80. The lowest BCUT2D eigenvalue weighted by atomic mass is 10.3. The fourth-order valence-corrected chi connectivity index (χ4v) is 0.352. The summed E-state index contributed by atoms with van der Waals surface area (Å²) in [4.78, 5) is 10.0. The van der Waals surface area contributed by atoms with E-state index in [2.05, 4.69) is 6.58 Å². The van der Waals surface area contributed by atoms with Gasteiger partial charge in [0.1, 0.15) is 5.78 Å². The first-order chi connectivity index (χ1) is 5.18. The Hall–Kier alpha value is -0.590. The molecule has 0 aliphatic rings. The van der Waals surface area contributed by atoms with E-state index in [1.165, 1.54) is 0 Å². The first-order valence-electron chi connectivity index (χ1n) is 4.25. The molecule has 0 aliphatic heterocycles. The highest BCUT2D eigenvalue weighted by molar-refractivity contribution is 5.75. The van der Waals surface area contributed by atoms with Crippen LogP contribution < -0.4 is 0 Å². The highest BCUT2D eigenvalue weighted by Crippen LogP contribution is 1.84. The molecule has 0 spiro atoms. The number of carbonyl (C=O) groups is 1. The summed E-state index contributed by atoms with van der Waals surface area (Å²) in [6, 6.07) is 0. The second-order valence-electron chi connectivity index (χ2n) is 1.86. The monoisotopic (exact) mass is 158 g/mol. The maximum absolute atomic E-state index is 10.0. The molecule has 0 unspecified atom stereocenters. The Kier molecular flexibility index (Phi) is 34.7. The third kappa shape index (κ3) is 89.0. The smallest absolute Gasteiger partial charge is 0.129 e. The van der Waals surface area contributed by atoms with Gasteiger partial charge < -0.3 is 4.79 Å². The van der Waals surface area contributed by atoms with Crippen LogP contribution in [-0.4, -0.2) is 5.78 Å². The fourth-order valence-electron chi connectivity index (χ4n) is 0.352. The van der Waals surface area contributed by atoms with E-state index in [0.717, 1.165) is 12.8 Å². The third-order valence-corrected chi connectivity index (χ3v) is 0.602. The highest BCUT2D eigenvalue weighted by Gasteiger charge is 1.83. The number of hydrogen-bond acceptors (Lipinski definition) is 1. The molecule has 0 aromatic heterocycles. The number of allylic oxidation sites excluding steroid dienone is 1. The molecule has 11 heavy (non-hydrogen) atoms. The van der Waals surface area contributed by atoms with E-state index in [9.17, 15) is 4.79 Å². The van der Waals surface area contributed by atoms with Crippen LogP contribution in [0.3, 0.4) is 0 Å². The van der Waals surface area contributed by atoms with Gasteiger partial charge in [-0.3, -0.25) is 0 Å². The zero-order valence-corrected chi connectivity index (χ0v) is 8.61. The Morgan fingerprint density at radius 3 is 1.73 bits per heavy atom. The number of ketones is 1. The maximum atomic E-state index is 10.0. The van der Waals surface area contributed by atoms with Crippen molar-refractivity contribution in [2.75, 3.05) is 0 Å². The van der Waals surface area contributed by atoms with E-state index in [1.807, 2.05) is 27.7 Å². The van der Waals surface area contributed by atoms with E-state index >= 15 is 0 Å². The van der Waals surface area contributed by atoms with Crippen LogP contribution >= 0.6 is 0 Å². The third-order valence-electron chi connectivity index (χ3n) is 0.602. The minimum absolute atomic E-state index is 0.289. The molecule has 68 valence electrons. The Morgan fingerprint density at radius 2 is 1.73 bits per heavy atom. The molecule has 0 radical (unpaired) electrons. The van der Waals surface area contributed by atoms with Crippen molar-refractivity contribution in [1.82, 2.24) is 0 Å². The highest BCUT2D eigenvalue weighted by atomic mass is 16.1. The molecule has 0 saturated heterocycles. The molecule has 0 heterocycles. The number of Topliss-reactive ketones (excluding diaryl/α,β-unsaturated/α-hetero) is 1. The van der Waals surface area contributed by atoms with E-state index in [1.54, 1.807) is 13.0 Å². The molecule has 1 heteroatoms. The van der Waals surface area contributed by atoms with Crippen LogP contribution in [-0.2, 0) is 4.79 Å². The summed E-state index contributed by atoms with van der Waals surface area (Å²) in [5.74, 6) is 0.289. The summed E-state index contributed by atoms with van der Waals surface area (Å²) >= 11 is 0. The predicted octanol–water partition coefficient (Wildman–Crippen LogP) is 3.59. The van der Waals surface area contributed by atoms with Gasteiger partial charge in [-0.25, -0.2) is 0 Å². The molecule has 0 rings (SSSR count). The topological polar surface area (TPSA) is 17.1 Å². The maximum Gasteiger partial charge on any atom is 0.129 e. The minimum atomic E-state index is 0.289. The van der Waals surface area contributed by atoms with Gasteiger partial charge >= 0.3 is 0 Å². The Labute approximate surface area is 71.5 Å². The number of carbonyl (C=O) groups excluding carboxylic acids is 1. The Balaban J connectivity index is -0.000000109. The summed E-state index contributed by atoms with van der Waals surface area (Å²) in [5, 5.41) is 0. The average Bonchev–Trinajstić information content (AvgIpc) is 1.93. The van der Waals surface area contributed by atoms with Crippen molar-refractivity contribution in [3.8, 4) is 0 Å². The van der Waals surface area contributed by atoms with Gasteiger partial charge in [-0.2, -0.15) is 0 Å². The quantitative estimate of drug-likeness (QED) is 0.561. The van der Waals surface area contributed by atoms with Crippen molar-refractivity contribution >= 4 is 5.78 Å². The SMILES string of the molecule is C=CC.CC.CCCC(C)=O. The molecule has 1 nitrogen and oxygen atoms in total. The van der Waals surface area contributed by atoms with Crippen LogP contribution in [0, 0.1) is 0 Å². The lowest BCUT2D eigenvalue weighted by molar-refractivity contribution is -0.117. The second-order valence-corrected chi connectivity index (χ2v) is 1.86. The molecule has 0 atom stereocenters. The van der Waals surface area contributed by atoms with Gasteiger partial charge in [0.25, 0.3) is 0 Å². The number of hydrogen-bond donors (Lipinski definition) is 0. The van der Waals surface area contributed by atoms with Gasteiger partial charge in [-0.15, -0.1) is 6.58 Å². The van der Waals surface area contributed by atoms with Crippen LogP contribution in [0.2, 0.25) is 0 Å². The fraction of sp³-hybridized carbons (Fsp3) is 0.700. The molecule has 0 aromatic rings. The average molecular weight is 158 g/mol. The van der Waals surface area contributed by atoms with Crippen LogP contribution in [0.15, 0.2) is 12.7 Å². The zero-order valence-electron chi connectivity index (χ0n) is 8.61. The van der Waals surface area contributed by atoms with E-state index in [4.69, 9.17) is 0 Å². The standard InChI is InChI=1S/C5H10O.C3H6.C2H6/c1-3-4-5(2)6;1-3-2;1-2/h3-4H2,1-2H3;3H,1H2,2H3;1-2H3. The summed E-state index contributed by atoms with van der Waals surface area (Å²) in [7, 11) is 0. The Bertz CT molecular complexity index is 74.9. The molecule has 0 aromatic carbocycles. The van der Waals surface area contributed by atoms with Crippen molar-refractivity contribution in [3.05, 3.63) is 12.7 Å². The normalized spacial score (nSPS) is 6.27. The van der Waals surface area contributed by atoms with Crippen LogP contribution in [0.4, 0.5) is 0 Å². The summed E-state index contributed by atoms with van der Waals surface area (Å²) in [6.45, 7) is 12.9. The van der Waals surface area contributed by atoms with Crippen molar-refractivity contribution in [2.45, 2.75) is 47.5 Å². The molecular weight excluding hydrogens is 136 g/mol. The first-order valence-corrected chi connectivity index (χ1v) is 4.25. The molecular formula is C10H22O. The van der Waals surface area contributed by atoms with Crippen molar-refractivity contribution in [3.63, 3.8) is 0 Å². The molecule has 0 aliphatic carbocycles. The van der Waals surface area contributed by atoms with Gasteiger partial charge in [0.05, 0.1) is 0 Å². The summed E-state index contributed by atoms with van der Waals surface area (Å²) in [5.41, 5.74) is 0. The van der Waals surface area contributed by atoms with Crippen LogP contribution in [0.1, 0.15) is 47.5 Å². The van der Waals surface area contributed by atoms with Crippen molar-refractivity contribution in [2.24, 2.45) is 0 Å². The molecule has 0 amide bonds. The first kappa shape index (κ1) is 16.8. The molecule has 0 fully saturated rings. The van der Waals surface area contributed by atoms with Crippen LogP contribution in [0.25, 0.3) is 0 Å². The summed E-state index contributed by atoms with van der Waals surface area (Å²) in [6.07, 6.45) is 3.47. The summed E-state index contributed by atoms with van der Waals surface area (Å²) < 4.78 is 0. The van der Waals surface area contributed by atoms with E-state index < -0.39 is 0 Å². The second kappa shape index (κ2) is 22.7. The minimum Gasteiger partial charge on any atom is -0.300 e. The molecule has 0 N–H and O–H groups in total. The molecule has 0 bridgehead atoms. The predicted molar refractivity (Wildman–Crippen MR) is 52.8 cm³/mol. The van der Waals surface area contributed by atoms with Gasteiger partial charge in [0.15, 0.2) is 0 Å². The van der Waals surface area contributed by atoms with Crippen molar-refractivity contribution < 1.29 is 4.79 Å². The van der Waals surface area contributed by atoms with Gasteiger partial charge in [-0.05, 0) is 20.3 Å². The molecule has 0 saturated carbocycles. The van der Waals surface area contributed by atoms with Gasteiger partial charge in [-0.1, -0.05) is 26.8 Å². The van der Waals surface area contributed by atoms with E-state index in [0.29, 0.717) is 0 Å². The zero-order chi connectivity index (χ0) is 9.70. The van der Waals surface area contributed by atoms with Gasteiger partial charge in [0, 0.05) is 6.42 Å². The van der Waals surface area contributed by atoms with Gasteiger partial charge in [0.2, 0.25) is 0 Å². The van der Waals surface area contributed by atoms with E-state index in [-0.39, 0.29) is 5.78 Å². The number of rotatable bonds is 2.